The van der Waals surface area contributed by atoms with Gasteiger partial charge in [0, 0.05) is 26.6 Å². The van der Waals surface area contributed by atoms with Crippen molar-refractivity contribution in [2.75, 3.05) is 26.7 Å². The van der Waals surface area contributed by atoms with E-state index in [9.17, 15) is 14.4 Å². The first-order valence-electron chi connectivity index (χ1n) is 14.1. The van der Waals surface area contributed by atoms with Crippen molar-refractivity contribution in [3.05, 3.63) is 65.2 Å². The molecule has 8 nitrogen and oxygen atoms in total. The molecule has 0 spiro atoms. The second-order valence-electron chi connectivity index (χ2n) is 10.5. The van der Waals surface area contributed by atoms with Gasteiger partial charge in [0.2, 0.25) is 17.7 Å². The van der Waals surface area contributed by atoms with E-state index < -0.39 is 18.1 Å². The molecule has 1 aliphatic heterocycles. The van der Waals surface area contributed by atoms with Crippen LogP contribution in [0.4, 0.5) is 0 Å². The molecule has 0 saturated heterocycles. The Kier molecular flexibility index (Phi) is 11.3. The molecule has 2 aromatic carbocycles. The third kappa shape index (κ3) is 8.55. The van der Waals surface area contributed by atoms with Crippen LogP contribution in [0, 0.1) is 12.8 Å². The van der Waals surface area contributed by atoms with E-state index in [0.717, 1.165) is 41.7 Å². The van der Waals surface area contributed by atoms with Crippen molar-refractivity contribution in [2.24, 2.45) is 5.92 Å². The van der Waals surface area contributed by atoms with Crippen molar-refractivity contribution in [2.45, 2.75) is 71.5 Å². The largest absolute Gasteiger partial charge is 0.492 e. The van der Waals surface area contributed by atoms with Crippen LogP contribution >= 0.6 is 0 Å². The molecule has 2 aromatic rings. The maximum atomic E-state index is 13.5. The Morgan fingerprint density at radius 2 is 1.74 bits per heavy atom. The van der Waals surface area contributed by atoms with Crippen LogP contribution in [-0.4, -0.2) is 67.5 Å². The van der Waals surface area contributed by atoms with Crippen LogP contribution in [0.2, 0.25) is 0 Å². The maximum Gasteiger partial charge on any atom is 0.243 e. The molecule has 0 aromatic heterocycles. The van der Waals surface area contributed by atoms with Gasteiger partial charge in [-0.1, -0.05) is 68.3 Å². The number of para-hydroxylation sites is 1. The molecule has 0 aliphatic carbocycles. The normalized spacial score (nSPS) is 22.9. The molecule has 1 unspecified atom stereocenters. The lowest BCUT2D eigenvalue weighted by molar-refractivity contribution is -0.141. The van der Waals surface area contributed by atoms with Crippen LogP contribution in [0.5, 0.6) is 5.75 Å². The van der Waals surface area contributed by atoms with Crippen molar-refractivity contribution < 1.29 is 19.1 Å². The Bertz CT molecular complexity index is 1100. The van der Waals surface area contributed by atoms with E-state index in [4.69, 9.17) is 4.74 Å². The Hall–Kier alpha value is -3.39. The summed E-state index contributed by atoms with van der Waals surface area (Å²) in [6, 6.07) is 13.9. The minimum absolute atomic E-state index is 0.0631. The number of amides is 3. The van der Waals surface area contributed by atoms with E-state index in [1.54, 1.807) is 14.0 Å². The number of hydrogen-bond donors (Lipinski definition) is 3. The van der Waals surface area contributed by atoms with Gasteiger partial charge < -0.3 is 25.6 Å². The molecule has 0 saturated carbocycles. The summed E-state index contributed by atoms with van der Waals surface area (Å²) in [5.74, 6) is 0.115. The highest BCUT2D eigenvalue weighted by Crippen LogP contribution is 2.20. The summed E-state index contributed by atoms with van der Waals surface area (Å²) >= 11 is 0. The summed E-state index contributed by atoms with van der Waals surface area (Å²) in [4.78, 5) is 41.6. The summed E-state index contributed by atoms with van der Waals surface area (Å²) in [6.45, 7) is 9.15. The van der Waals surface area contributed by atoms with E-state index in [0.29, 0.717) is 26.1 Å². The first kappa shape index (κ1) is 30.2. The number of aryl methyl sites for hydroxylation is 2. The standard InChI is InChI=1S/C31H44N4O4/c1-6-22(3)28-31(38)35(5)23(4)29(36)34-26(20-24-15-13-21(2)14-16-24)30(37)33-17-9-11-25-10-7-8-12-27(25)39-19-18-32-28/h7-8,10,12-16,22-23,26,28,32H,6,9,11,17-20H2,1-5H3,(H,33,37)(H,34,36)/t22?,23-,26-,28+/m1/s1. The number of hydrogen-bond acceptors (Lipinski definition) is 5. The van der Waals surface area contributed by atoms with Gasteiger partial charge in [0.25, 0.3) is 0 Å². The average molecular weight is 537 g/mol. The molecular weight excluding hydrogens is 492 g/mol. The molecule has 3 rings (SSSR count). The number of rotatable bonds is 4. The molecule has 4 atom stereocenters. The number of likely N-dealkylation sites (N-methyl/N-ethyl adjacent to an activating group) is 1. The van der Waals surface area contributed by atoms with E-state index >= 15 is 0 Å². The molecule has 39 heavy (non-hydrogen) atoms. The van der Waals surface area contributed by atoms with Gasteiger partial charge in [0.05, 0.1) is 6.04 Å². The van der Waals surface area contributed by atoms with E-state index in [1.807, 2.05) is 69.3 Å². The highest BCUT2D eigenvalue weighted by molar-refractivity contribution is 5.93. The zero-order valence-corrected chi connectivity index (χ0v) is 24.0. The highest BCUT2D eigenvalue weighted by Gasteiger charge is 2.32. The lowest BCUT2D eigenvalue weighted by atomic mass is 9.97. The van der Waals surface area contributed by atoms with Crippen molar-refractivity contribution in [1.29, 1.82) is 0 Å². The predicted octanol–water partition coefficient (Wildman–Crippen LogP) is 3.01. The van der Waals surface area contributed by atoms with E-state index in [-0.39, 0.29) is 23.6 Å². The predicted molar refractivity (Wildman–Crippen MR) is 154 cm³/mol. The molecule has 1 heterocycles. The number of nitrogens with one attached hydrogen (secondary N) is 3. The maximum absolute atomic E-state index is 13.5. The minimum Gasteiger partial charge on any atom is -0.492 e. The Morgan fingerprint density at radius 1 is 1.03 bits per heavy atom. The van der Waals surface area contributed by atoms with Gasteiger partial charge >= 0.3 is 0 Å². The summed E-state index contributed by atoms with van der Waals surface area (Å²) in [5, 5.41) is 9.28. The molecule has 0 bridgehead atoms. The number of nitrogens with zero attached hydrogens (tertiary/aromatic N) is 1. The van der Waals surface area contributed by atoms with E-state index in [1.165, 1.54) is 4.90 Å². The molecule has 3 amide bonds. The average Bonchev–Trinajstić information content (AvgIpc) is 2.94. The molecule has 1 aliphatic rings. The topological polar surface area (TPSA) is 99.8 Å². The van der Waals surface area contributed by atoms with Crippen LogP contribution in [0.25, 0.3) is 0 Å². The first-order valence-corrected chi connectivity index (χ1v) is 14.1. The zero-order valence-electron chi connectivity index (χ0n) is 24.0. The van der Waals surface area contributed by atoms with Crippen molar-refractivity contribution in [3.8, 4) is 5.75 Å². The molecular formula is C31H44N4O4. The van der Waals surface area contributed by atoms with Gasteiger partial charge in [0.15, 0.2) is 0 Å². The van der Waals surface area contributed by atoms with Crippen LogP contribution in [0.1, 0.15) is 50.3 Å². The van der Waals surface area contributed by atoms with Gasteiger partial charge in [-0.25, -0.2) is 0 Å². The highest BCUT2D eigenvalue weighted by atomic mass is 16.5. The number of ether oxygens (including phenoxy) is 1. The molecule has 8 heteroatoms. The third-order valence-electron chi connectivity index (χ3n) is 7.60. The van der Waals surface area contributed by atoms with Crippen LogP contribution in [0.15, 0.2) is 48.5 Å². The van der Waals surface area contributed by atoms with E-state index in [2.05, 4.69) is 16.0 Å². The molecule has 3 N–H and O–H groups in total. The van der Waals surface area contributed by atoms with Gasteiger partial charge in [-0.05, 0) is 49.8 Å². The monoisotopic (exact) mass is 536 g/mol. The summed E-state index contributed by atoms with van der Waals surface area (Å²) in [6.07, 6.45) is 2.64. The van der Waals surface area contributed by atoms with Crippen molar-refractivity contribution in [1.82, 2.24) is 20.9 Å². The number of fused-ring (bicyclic) bond motifs is 1. The van der Waals surface area contributed by atoms with Gasteiger partial charge in [-0.15, -0.1) is 0 Å². The van der Waals surface area contributed by atoms with Crippen molar-refractivity contribution >= 4 is 17.7 Å². The molecule has 0 radical (unpaired) electrons. The fraction of sp³-hybridized carbons (Fsp3) is 0.516. The SMILES string of the molecule is CCC(C)[C@@H]1NCCOc2ccccc2CCCNC(=O)[C@@H](Cc2ccc(C)cc2)NC(=O)[C@@H](C)N(C)C1=O. The minimum atomic E-state index is -0.760. The summed E-state index contributed by atoms with van der Waals surface area (Å²) in [7, 11) is 1.64. The third-order valence-corrected chi connectivity index (χ3v) is 7.60. The Balaban J connectivity index is 1.85. The number of carbonyl (C=O) groups excluding carboxylic acids is 3. The van der Waals surface area contributed by atoms with Gasteiger partial charge in [-0.3, -0.25) is 14.4 Å². The second kappa shape index (κ2) is 14.7. The fourth-order valence-corrected chi connectivity index (χ4v) is 4.66. The Morgan fingerprint density at radius 3 is 2.46 bits per heavy atom. The number of benzene rings is 2. The molecule has 212 valence electrons. The lowest BCUT2D eigenvalue weighted by Crippen LogP contribution is -2.57. The lowest BCUT2D eigenvalue weighted by Gasteiger charge is -2.32. The van der Waals surface area contributed by atoms with Crippen LogP contribution in [-0.2, 0) is 27.2 Å². The quantitative estimate of drug-likeness (QED) is 0.558. The smallest absolute Gasteiger partial charge is 0.243 e. The number of carbonyl (C=O) groups is 3. The zero-order chi connectivity index (χ0) is 28.4. The van der Waals surface area contributed by atoms with Gasteiger partial charge in [0.1, 0.15) is 24.4 Å². The second-order valence-corrected chi connectivity index (χ2v) is 10.5. The van der Waals surface area contributed by atoms with Gasteiger partial charge in [-0.2, -0.15) is 0 Å². The Labute approximate surface area is 232 Å². The summed E-state index contributed by atoms with van der Waals surface area (Å²) in [5.41, 5.74) is 3.15. The van der Waals surface area contributed by atoms with Crippen LogP contribution < -0.4 is 20.7 Å². The fourth-order valence-electron chi connectivity index (χ4n) is 4.66. The summed E-state index contributed by atoms with van der Waals surface area (Å²) < 4.78 is 6.07. The van der Waals surface area contributed by atoms with Crippen LogP contribution in [0.3, 0.4) is 0 Å². The van der Waals surface area contributed by atoms with Crippen molar-refractivity contribution in [3.63, 3.8) is 0 Å². The molecule has 0 fully saturated rings. The first-order chi connectivity index (χ1) is 18.7.